The molecule has 0 N–H and O–H groups in total. The molecule has 0 aromatic carbocycles. The summed E-state index contributed by atoms with van der Waals surface area (Å²) in [5.41, 5.74) is 0. The maximum absolute atomic E-state index is 11.6. The maximum Gasteiger partial charge on any atom is 0.428 e. The van der Waals surface area contributed by atoms with E-state index in [-0.39, 0.29) is 6.09 Å². The van der Waals surface area contributed by atoms with Gasteiger partial charge in [0.25, 0.3) is 0 Å². The van der Waals surface area contributed by atoms with Crippen LogP contribution in [-0.2, 0) is 4.84 Å². The van der Waals surface area contributed by atoms with Gasteiger partial charge in [-0.25, -0.2) is 4.79 Å². The predicted molar refractivity (Wildman–Crippen MR) is 52.7 cm³/mol. The van der Waals surface area contributed by atoms with Crippen LogP contribution in [-0.4, -0.2) is 42.2 Å². The quantitative estimate of drug-likeness (QED) is 0.642. The molecule has 1 amide bonds. The van der Waals surface area contributed by atoms with E-state index in [4.69, 9.17) is 4.84 Å². The summed E-state index contributed by atoms with van der Waals surface area (Å²) in [6.07, 6.45) is 5.63. The van der Waals surface area contributed by atoms with Crippen molar-refractivity contribution in [3.8, 4) is 0 Å². The van der Waals surface area contributed by atoms with Crippen LogP contribution in [0.5, 0.6) is 0 Å². The fraction of sp³-hybridized carbons (Fsp3) is 0.900. The molecule has 4 nitrogen and oxygen atoms in total. The van der Waals surface area contributed by atoms with Crippen LogP contribution in [0.25, 0.3) is 0 Å². The molecule has 0 aliphatic carbocycles. The van der Waals surface area contributed by atoms with Crippen molar-refractivity contribution in [2.24, 2.45) is 0 Å². The van der Waals surface area contributed by atoms with E-state index in [0.29, 0.717) is 0 Å². The molecule has 80 valence electrons. The highest BCUT2D eigenvalue weighted by atomic mass is 16.7. The van der Waals surface area contributed by atoms with Gasteiger partial charge in [0.1, 0.15) is 0 Å². The molecule has 2 rings (SSSR count). The van der Waals surface area contributed by atoms with Crippen molar-refractivity contribution in [2.45, 2.75) is 32.1 Å². The minimum Gasteiger partial charge on any atom is -0.351 e. The van der Waals surface area contributed by atoms with Crippen LogP contribution in [0.4, 0.5) is 4.79 Å². The first-order chi connectivity index (χ1) is 6.86. The van der Waals surface area contributed by atoms with Gasteiger partial charge in [-0.2, -0.15) is 0 Å². The second-order valence-corrected chi connectivity index (χ2v) is 4.04. The zero-order valence-electron chi connectivity index (χ0n) is 8.57. The van der Waals surface area contributed by atoms with Crippen molar-refractivity contribution in [1.29, 1.82) is 0 Å². The number of rotatable bonds is 1. The maximum atomic E-state index is 11.6. The fourth-order valence-corrected chi connectivity index (χ4v) is 2.02. The molecule has 0 aromatic heterocycles. The number of hydroxylamine groups is 2. The Morgan fingerprint density at radius 2 is 1.43 bits per heavy atom. The molecule has 2 fully saturated rings. The zero-order valence-corrected chi connectivity index (χ0v) is 8.57. The van der Waals surface area contributed by atoms with Crippen molar-refractivity contribution in [2.75, 3.05) is 26.2 Å². The average molecular weight is 198 g/mol. The van der Waals surface area contributed by atoms with Gasteiger partial charge in [-0.15, -0.1) is 5.06 Å². The lowest BCUT2D eigenvalue weighted by molar-refractivity contribution is -0.0958. The number of carbonyl (C=O) groups excluding carboxylic acids is 1. The smallest absolute Gasteiger partial charge is 0.351 e. The van der Waals surface area contributed by atoms with Gasteiger partial charge in [0.05, 0.1) is 0 Å². The Bertz CT molecular complexity index is 196. The van der Waals surface area contributed by atoms with Crippen molar-refractivity contribution in [1.82, 2.24) is 9.96 Å². The molecule has 0 saturated carbocycles. The SMILES string of the molecule is O=C(ON1CCCC1)N1CCCCC1. The van der Waals surface area contributed by atoms with Crippen LogP contribution in [0.2, 0.25) is 0 Å². The molecule has 4 heteroatoms. The first-order valence-electron chi connectivity index (χ1n) is 5.58. The molecule has 14 heavy (non-hydrogen) atoms. The van der Waals surface area contributed by atoms with E-state index in [2.05, 4.69) is 0 Å². The number of hydrogen-bond acceptors (Lipinski definition) is 3. The topological polar surface area (TPSA) is 32.8 Å². The second kappa shape index (κ2) is 4.64. The molecular formula is C10H18N2O2. The van der Waals surface area contributed by atoms with E-state index >= 15 is 0 Å². The third kappa shape index (κ3) is 2.38. The molecule has 2 aliphatic rings. The van der Waals surface area contributed by atoms with Crippen molar-refractivity contribution >= 4 is 6.09 Å². The van der Waals surface area contributed by atoms with E-state index in [9.17, 15) is 4.79 Å². The summed E-state index contributed by atoms with van der Waals surface area (Å²) in [5.74, 6) is 0. The normalized spacial score (nSPS) is 23.9. The molecular weight excluding hydrogens is 180 g/mol. The molecule has 2 heterocycles. The van der Waals surface area contributed by atoms with Gasteiger partial charge < -0.3 is 9.74 Å². The summed E-state index contributed by atoms with van der Waals surface area (Å²) in [7, 11) is 0. The first kappa shape index (κ1) is 9.77. The van der Waals surface area contributed by atoms with Gasteiger partial charge in [-0.1, -0.05) is 0 Å². The Hall–Kier alpha value is -0.770. The van der Waals surface area contributed by atoms with Crippen LogP contribution >= 0.6 is 0 Å². The molecule has 0 radical (unpaired) electrons. The van der Waals surface area contributed by atoms with Gasteiger partial charge in [-0.3, -0.25) is 0 Å². The monoisotopic (exact) mass is 198 g/mol. The minimum absolute atomic E-state index is 0.147. The highest BCUT2D eigenvalue weighted by Crippen LogP contribution is 2.13. The fourth-order valence-electron chi connectivity index (χ4n) is 2.02. The molecule has 0 aromatic rings. The van der Waals surface area contributed by atoms with Gasteiger partial charge in [0.15, 0.2) is 0 Å². The van der Waals surface area contributed by atoms with Crippen molar-refractivity contribution in [3.05, 3.63) is 0 Å². The standard InChI is InChI=1S/C10H18N2O2/c13-10(11-6-2-1-3-7-11)14-12-8-4-5-9-12/h1-9H2. The predicted octanol–water partition coefficient (Wildman–Crippen LogP) is 1.62. The molecule has 2 saturated heterocycles. The summed E-state index contributed by atoms with van der Waals surface area (Å²) < 4.78 is 0. The number of amides is 1. The number of likely N-dealkylation sites (tertiary alicyclic amines) is 1. The summed E-state index contributed by atoms with van der Waals surface area (Å²) in [6.45, 7) is 3.54. The number of carbonyl (C=O) groups is 1. The van der Waals surface area contributed by atoms with E-state index in [0.717, 1.165) is 51.9 Å². The summed E-state index contributed by atoms with van der Waals surface area (Å²) >= 11 is 0. The van der Waals surface area contributed by atoms with Crippen molar-refractivity contribution in [3.63, 3.8) is 0 Å². The number of piperidine rings is 1. The van der Waals surface area contributed by atoms with Crippen molar-refractivity contribution < 1.29 is 9.63 Å². The highest BCUT2D eigenvalue weighted by molar-refractivity contribution is 5.67. The minimum atomic E-state index is -0.147. The van der Waals surface area contributed by atoms with Crippen LogP contribution in [0, 0.1) is 0 Å². The molecule has 0 bridgehead atoms. The molecule has 0 spiro atoms. The Balaban J connectivity index is 1.75. The largest absolute Gasteiger partial charge is 0.428 e. The summed E-state index contributed by atoms with van der Waals surface area (Å²) in [5, 5.41) is 1.79. The van der Waals surface area contributed by atoms with Crippen LogP contribution in [0.15, 0.2) is 0 Å². The summed E-state index contributed by atoms with van der Waals surface area (Å²) in [6, 6.07) is 0. The molecule has 2 aliphatic heterocycles. The van der Waals surface area contributed by atoms with E-state index in [1.165, 1.54) is 6.42 Å². The number of hydrogen-bond donors (Lipinski definition) is 0. The van der Waals surface area contributed by atoms with E-state index < -0.39 is 0 Å². The Labute approximate surface area is 84.8 Å². The molecule has 0 unspecified atom stereocenters. The Morgan fingerprint density at radius 3 is 2.07 bits per heavy atom. The summed E-state index contributed by atoms with van der Waals surface area (Å²) in [4.78, 5) is 18.7. The Morgan fingerprint density at radius 1 is 0.857 bits per heavy atom. The van der Waals surface area contributed by atoms with Gasteiger partial charge in [-0.05, 0) is 32.1 Å². The van der Waals surface area contributed by atoms with Gasteiger partial charge in [0.2, 0.25) is 0 Å². The van der Waals surface area contributed by atoms with Gasteiger partial charge in [0, 0.05) is 26.2 Å². The van der Waals surface area contributed by atoms with Crippen LogP contribution in [0.1, 0.15) is 32.1 Å². The highest BCUT2D eigenvalue weighted by Gasteiger charge is 2.22. The third-order valence-corrected chi connectivity index (χ3v) is 2.89. The van der Waals surface area contributed by atoms with Crippen LogP contribution in [0.3, 0.4) is 0 Å². The number of nitrogens with zero attached hydrogens (tertiary/aromatic N) is 2. The average Bonchev–Trinajstić information content (AvgIpc) is 2.72. The van der Waals surface area contributed by atoms with Crippen LogP contribution < -0.4 is 0 Å². The van der Waals surface area contributed by atoms with E-state index in [1.54, 1.807) is 5.06 Å². The first-order valence-corrected chi connectivity index (χ1v) is 5.58. The van der Waals surface area contributed by atoms with Gasteiger partial charge >= 0.3 is 6.09 Å². The second-order valence-electron chi connectivity index (χ2n) is 4.04. The molecule has 0 atom stereocenters. The zero-order chi connectivity index (χ0) is 9.80. The third-order valence-electron chi connectivity index (χ3n) is 2.89. The lowest BCUT2D eigenvalue weighted by Crippen LogP contribution is -2.39. The van der Waals surface area contributed by atoms with E-state index in [1.807, 2.05) is 4.90 Å². The lowest BCUT2D eigenvalue weighted by atomic mass is 10.1. The lowest BCUT2D eigenvalue weighted by Gasteiger charge is -2.27. The Kier molecular flexibility index (Phi) is 3.24.